The summed E-state index contributed by atoms with van der Waals surface area (Å²) in [6, 6.07) is 7.97. The second kappa shape index (κ2) is 7.83. The number of hydrogen-bond acceptors (Lipinski definition) is 8. The van der Waals surface area contributed by atoms with Crippen LogP contribution in [0.3, 0.4) is 0 Å². The van der Waals surface area contributed by atoms with Gasteiger partial charge in [0.15, 0.2) is 5.96 Å². The van der Waals surface area contributed by atoms with Gasteiger partial charge in [-0.25, -0.2) is 9.98 Å². The molecule has 1 aromatic heterocycles. The maximum absolute atomic E-state index is 5.96. The molecular formula is C18H24N8. The molecule has 3 rings (SSSR count). The topological polar surface area (TPSA) is 126 Å². The van der Waals surface area contributed by atoms with Crippen molar-refractivity contribution >= 4 is 23.4 Å². The molecule has 136 valence electrons. The lowest BCUT2D eigenvalue weighted by molar-refractivity contribution is 0.571. The standard InChI is InChI=1S/C18H24N8/c1-11-4-3-5-13(12(11)2)14-10-16(26-18(20)24-14)22-9-8-21-15-6-7-23-17(19)25-15/h3-7,10,16,22H,8-9H2,1-2H3,(H3,20,24,26)(H3,19,21,23,25). The predicted octanol–water partition coefficient (Wildman–Crippen LogP) is 0.962. The van der Waals surface area contributed by atoms with Gasteiger partial charge in [0.25, 0.3) is 0 Å². The Morgan fingerprint density at radius 3 is 2.81 bits per heavy atom. The average Bonchev–Trinajstić information content (AvgIpc) is 2.61. The van der Waals surface area contributed by atoms with Crippen molar-refractivity contribution < 1.29 is 0 Å². The van der Waals surface area contributed by atoms with Crippen molar-refractivity contribution in [2.75, 3.05) is 24.1 Å². The molecule has 0 radical (unpaired) electrons. The first kappa shape index (κ1) is 17.7. The van der Waals surface area contributed by atoms with E-state index in [-0.39, 0.29) is 12.1 Å². The van der Waals surface area contributed by atoms with Crippen molar-refractivity contribution in [3.8, 4) is 0 Å². The molecule has 2 aromatic rings. The van der Waals surface area contributed by atoms with Crippen LogP contribution in [0.2, 0.25) is 0 Å². The van der Waals surface area contributed by atoms with Gasteiger partial charge in [0.05, 0.1) is 5.70 Å². The summed E-state index contributed by atoms with van der Waals surface area (Å²) >= 11 is 0. The monoisotopic (exact) mass is 352 g/mol. The molecule has 0 saturated carbocycles. The predicted molar refractivity (Wildman–Crippen MR) is 105 cm³/mol. The molecule has 1 aromatic carbocycles. The van der Waals surface area contributed by atoms with Crippen LogP contribution in [0.5, 0.6) is 0 Å². The highest BCUT2D eigenvalue weighted by molar-refractivity contribution is 5.88. The Hall–Kier alpha value is -3.13. The van der Waals surface area contributed by atoms with E-state index in [0.717, 1.165) is 11.3 Å². The largest absolute Gasteiger partial charge is 0.370 e. The minimum absolute atomic E-state index is 0.0975. The molecule has 1 atom stereocenters. The van der Waals surface area contributed by atoms with E-state index in [2.05, 4.69) is 56.9 Å². The van der Waals surface area contributed by atoms with Gasteiger partial charge < -0.3 is 22.1 Å². The average molecular weight is 352 g/mol. The number of rotatable bonds is 6. The Balaban J connectivity index is 1.61. The number of nitrogens with two attached hydrogens (primary N) is 2. The summed E-state index contributed by atoms with van der Waals surface area (Å²) in [5, 5.41) is 9.70. The van der Waals surface area contributed by atoms with E-state index in [1.807, 2.05) is 12.1 Å². The van der Waals surface area contributed by atoms with E-state index >= 15 is 0 Å². The molecule has 26 heavy (non-hydrogen) atoms. The first-order valence-electron chi connectivity index (χ1n) is 8.48. The van der Waals surface area contributed by atoms with Crippen LogP contribution in [0.25, 0.3) is 5.70 Å². The highest BCUT2D eigenvalue weighted by atomic mass is 15.2. The third-order valence-corrected chi connectivity index (χ3v) is 4.22. The minimum Gasteiger partial charge on any atom is -0.370 e. The van der Waals surface area contributed by atoms with E-state index in [9.17, 15) is 0 Å². The zero-order chi connectivity index (χ0) is 18.5. The number of guanidine groups is 1. The zero-order valence-corrected chi connectivity index (χ0v) is 15.0. The SMILES string of the molecule is Cc1cccc(C2=CC(NCCNc3ccnc(N)n3)NC(N)=N2)c1C. The molecule has 1 unspecified atom stereocenters. The normalized spacial score (nSPS) is 16.5. The first-order valence-corrected chi connectivity index (χ1v) is 8.48. The van der Waals surface area contributed by atoms with Gasteiger partial charge in [-0.2, -0.15) is 4.98 Å². The molecule has 8 nitrogen and oxygen atoms in total. The quantitative estimate of drug-likeness (QED) is 0.490. The van der Waals surface area contributed by atoms with Gasteiger partial charge in [-0.1, -0.05) is 18.2 Å². The Kier molecular flexibility index (Phi) is 5.33. The second-order valence-electron chi connectivity index (χ2n) is 6.10. The third-order valence-electron chi connectivity index (χ3n) is 4.22. The molecule has 0 saturated heterocycles. The number of nitrogens with zero attached hydrogens (tertiary/aromatic N) is 3. The van der Waals surface area contributed by atoms with Gasteiger partial charge in [-0.3, -0.25) is 5.32 Å². The highest BCUT2D eigenvalue weighted by Gasteiger charge is 2.16. The Bertz CT molecular complexity index is 843. The van der Waals surface area contributed by atoms with Crippen LogP contribution in [-0.2, 0) is 0 Å². The van der Waals surface area contributed by atoms with Gasteiger partial charge in [0.1, 0.15) is 12.0 Å². The number of aromatic nitrogens is 2. The number of benzene rings is 1. The van der Waals surface area contributed by atoms with Crippen molar-refractivity contribution in [1.82, 2.24) is 20.6 Å². The number of anilines is 2. The molecule has 7 N–H and O–H groups in total. The lowest BCUT2D eigenvalue weighted by Gasteiger charge is -2.23. The van der Waals surface area contributed by atoms with Crippen LogP contribution in [0.1, 0.15) is 16.7 Å². The molecule has 1 aliphatic heterocycles. The van der Waals surface area contributed by atoms with E-state index < -0.39 is 0 Å². The first-order chi connectivity index (χ1) is 12.5. The Morgan fingerprint density at radius 2 is 2.00 bits per heavy atom. The lowest BCUT2D eigenvalue weighted by atomic mass is 10.00. The number of aryl methyl sites for hydroxylation is 1. The molecule has 0 spiro atoms. The molecule has 0 aliphatic carbocycles. The van der Waals surface area contributed by atoms with Crippen molar-refractivity contribution in [2.45, 2.75) is 20.0 Å². The van der Waals surface area contributed by atoms with Crippen LogP contribution in [0, 0.1) is 13.8 Å². The van der Waals surface area contributed by atoms with Crippen LogP contribution < -0.4 is 27.4 Å². The van der Waals surface area contributed by atoms with Crippen LogP contribution in [0.4, 0.5) is 11.8 Å². The summed E-state index contributed by atoms with van der Waals surface area (Å²) in [7, 11) is 0. The summed E-state index contributed by atoms with van der Waals surface area (Å²) in [6.45, 7) is 5.57. The molecule has 0 fully saturated rings. The maximum atomic E-state index is 5.96. The smallest absolute Gasteiger partial charge is 0.221 e. The molecule has 0 bridgehead atoms. The van der Waals surface area contributed by atoms with Crippen molar-refractivity contribution in [3.05, 3.63) is 53.2 Å². The fourth-order valence-electron chi connectivity index (χ4n) is 2.74. The second-order valence-corrected chi connectivity index (χ2v) is 6.10. The lowest BCUT2D eigenvalue weighted by Crippen LogP contribution is -2.50. The molecule has 2 heterocycles. The van der Waals surface area contributed by atoms with Crippen LogP contribution >= 0.6 is 0 Å². The molecular weight excluding hydrogens is 328 g/mol. The van der Waals surface area contributed by atoms with Gasteiger partial charge in [0, 0.05) is 24.8 Å². The summed E-state index contributed by atoms with van der Waals surface area (Å²) in [6.07, 6.45) is 3.57. The Morgan fingerprint density at radius 1 is 1.15 bits per heavy atom. The molecule has 8 heteroatoms. The highest BCUT2D eigenvalue weighted by Crippen LogP contribution is 2.24. The van der Waals surface area contributed by atoms with E-state index in [4.69, 9.17) is 11.5 Å². The third kappa shape index (κ3) is 4.28. The number of aliphatic imine (C=N–C) groups is 1. The van der Waals surface area contributed by atoms with Gasteiger partial charge in [-0.15, -0.1) is 0 Å². The number of hydrogen-bond donors (Lipinski definition) is 5. The number of nitrogens with one attached hydrogen (secondary N) is 3. The maximum Gasteiger partial charge on any atom is 0.221 e. The molecule has 1 aliphatic rings. The van der Waals surface area contributed by atoms with Crippen molar-refractivity contribution in [1.29, 1.82) is 0 Å². The number of nitrogen functional groups attached to an aromatic ring is 1. The summed E-state index contributed by atoms with van der Waals surface area (Å²) in [4.78, 5) is 12.4. The summed E-state index contributed by atoms with van der Waals surface area (Å²) < 4.78 is 0. The van der Waals surface area contributed by atoms with E-state index in [1.54, 1.807) is 12.3 Å². The Labute approximate surface area is 152 Å². The van der Waals surface area contributed by atoms with E-state index in [1.165, 1.54) is 11.1 Å². The van der Waals surface area contributed by atoms with Crippen LogP contribution in [-0.4, -0.2) is 35.2 Å². The summed E-state index contributed by atoms with van der Waals surface area (Å²) in [5.74, 6) is 1.35. The zero-order valence-electron chi connectivity index (χ0n) is 15.0. The van der Waals surface area contributed by atoms with Crippen molar-refractivity contribution in [3.63, 3.8) is 0 Å². The fourth-order valence-corrected chi connectivity index (χ4v) is 2.74. The van der Waals surface area contributed by atoms with Gasteiger partial charge in [0.2, 0.25) is 5.95 Å². The van der Waals surface area contributed by atoms with Gasteiger partial charge in [-0.05, 0) is 37.1 Å². The molecule has 0 amide bonds. The fraction of sp³-hybridized carbons (Fsp3) is 0.278. The van der Waals surface area contributed by atoms with Crippen molar-refractivity contribution in [2.24, 2.45) is 10.7 Å². The van der Waals surface area contributed by atoms with Gasteiger partial charge >= 0.3 is 0 Å². The summed E-state index contributed by atoms with van der Waals surface area (Å²) in [5.41, 5.74) is 15.9. The minimum atomic E-state index is -0.0975. The van der Waals surface area contributed by atoms with Crippen LogP contribution in [0.15, 0.2) is 41.5 Å². The van der Waals surface area contributed by atoms with E-state index in [0.29, 0.717) is 24.9 Å².